The first kappa shape index (κ1) is 69.6. The van der Waals surface area contributed by atoms with E-state index in [0.717, 1.165) is 38.5 Å². The minimum atomic E-state index is -0.671. The highest BCUT2D eigenvalue weighted by Crippen LogP contribution is 2.18. The minimum Gasteiger partial charge on any atom is -0.466 e. The Labute approximate surface area is 444 Å². The molecular weight excluding hydrogens is 875 g/mol. The van der Waals surface area contributed by atoms with Gasteiger partial charge in [0.1, 0.15) is 0 Å². The summed E-state index contributed by atoms with van der Waals surface area (Å²) >= 11 is 0. The maximum atomic E-state index is 12.5. The van der Waals surface area contributed by atoms with Crippen molar-refractivity contribution in [3.8, 4) is 0 Å². The predicted octanol–water partition coefficient (Wildman–Crippen LogP) is 20.4. The maximum Gasteiger partial charge on any atom is 0.305 e. The van der Waals surface area contributed by atoms with Crippen LogP contribution < -0.4 is 5.32 Å². The maximum absolute atomic E-state index is 12.5. The summed E-state index contributed by atoms with van der Waals surface area (Å²) in [6, 6.07) is -0.549. The van der Waals surface area contributed by atoms with E-state index in [9.17, 15) is 19.8 Å². The van der Waals surface area contributed by atoms with Crippen LogP contribution in [0.2, 0.25) is 0 Å². The van der Waals surface area contributed by atoms with Gasteiger partial charge in [0.2, 0.25) is 5.91 Å². The van der Waals surface area contributed by atoms with Crippen molar-refractivity contribution in [2.24, 2.45) is 0 Å². The van der Waals surface area contributed by atoms with E-state index in [1.165, 1.54) is 295 Å². The summed E-state index contributed by atoms with van der Waals surface area (Å²) in [7, 11) is 0. The molecule has 0 bridgehead atoms. The highest BCUT2D eigenvalue weighted by molar-refractivity contribution is 5.76. The molecule has 422 valence electrons. The van der Waals surface area contributed by atoms with Crippen LogP contribution in [0.5, 0.6) is 0 Å². The van der Waals surface area contributed by atoms with E-state index in [4.69, 9.17) is 4.74 Å². The summed E-state index contributed by atoms with van der Waals surface area (Å²) in [4.78, 5) is 24.6. The molecule has 0 saturated carbocycles. The predicted molar refractivity (Wildman–Crippen MR) is 310 cm³/mol. The average Bonchev–Trinajstić information content (AvgIpc) is 3.37. The van der Waals surface area contributed by atoms with Crippen molar-refractivity contribution in [3.05, 3.63) is 12.2 Å². The Morgan fingerprint density at radius 3 is 1.00 bits per heavy atom. The first-order valence-corrected chi connectivity index (χ1v) is 32.4. The van der Waals surface area contributed by atoms with E-state index in [0.29, 0.717) is 25.9 Å². The zero-order valence-electron chi connectivity index (χ0n) is 48.2. The van der Waals surface area contributed by atoms with Crippen molar-refractivity contribution in [1.82, 2.24) is 5.32 Å². The van der Waals surface area contributed by atoms with Crippen LogP contribution in [0.3, 0.4) is 0 Å². The lowest BCUT2D eigenvalue weighted by molar-refractivity contribution is -0.143. The smallest absolute Gasteiger partial charge is 0.305 e. The molecule has 0 aliphatic carbocycles. The molecule has 0 aliphatic rings. The molecule has 71 heavy (non-hydrogen) atoms. The number of rotatable bonds is 61. The number of hydrogen-bond acceptors (Lipinski definition) is 5. The van der Waals surface area contributed by atoms with Crippen LogP contribution in [-0.2, 0) is 14.3 Å². The Bertz CT molecular complexity index is 1060. The van der Waals surface area contributed by atoms with Crippen molar-refractivity contribution in [1.29, 1.82) is 0 Å². The average molecular weight is 1000 g/mol. The van der Waals surface area contributed by atoms with Crippen LogP contribution in [0, 0.1) is 0 Å². The van der Waals surface area contributed by atoms with E-state index in [-0.39, 0.29) is 18.5 Å². The number of aliphatic hydroxyl groups excluding tert-OH is 2. The molecule has 2 unspecified atom stereocenters. The Morgan fingerprint density at radius 1 is 0.380 bits per heavy atom. The van der Waals surface area contributed by atoms with Gasteiger partial charge in [-0.2, -0.15) is 0 Å². The summed E-state index contributed by atoms with van der Waals surface area (Å²) in [6.45, 7) is 4.97. The van der Waals surface area contributed by atoms with E-state index < -0.39 is 12.1 Å². The lowest BCUT2D eigenvalue weighted by atomic mass is 10.0. The second-order valence-electron chi connectivity index (χ2n) is 22.5. The molecule has 6 heteroatoms. The number of carbonyl (C=O) groups excluding carboxylic acids is 2. The summed E-state index contributed by atoms with van der Waals surface area (Å²) in [5.41, 5.74) is 0. The third-order valence-corrected chi connectivity index (χ3v) is 15.3. The number of ether oxygens (including phenoxy) is 1. The number of carbonyl (C=O) groups is 2. The van der Waals surface area contributed by atoms with Crippen molar-refractivity contribution < 1.29 is 24.5 Å². The van der Waals surface area contributed by atoms with E-state index >= 15 is 0 Å². The second kappa shape index (κ2) is 61.1. The molecular formula is C65H127NO5. The van der Waals surface area contributed by atoms with Gasteiger partial charge < -0.3 is 20.3 Å². The number of amides is 1. The third-order valence-electron chi connectivity index (χ3n) is 15.3. The van der Waals surface area contributed by atoms with Gasteiger partial charge in [0.25, 0.3) is 0 Å². The Morgan fingerprint density at radius 2 is 0.662 bits per heavy atom. The van der Waals surface area contributed by atoms with Crippen LogP contribution in [0.4, 0.5) is 0 Å². The molecule has 0 aromatic rings. The van der Waals surface area contributed by atoms with Gasteiger partial charge in [-0.1, -0.05) is 315 Å². The van der Waals surface area contributed by atoms with Crippen LogP contribution in [-0.4, -0.2) is 47.4 Å². The number of unbranched alkanes of at least 4 members (excludes halogenated alkanes) is 48. The summed E-state index contributed by atoms with van der Waals surface area (Å²) in [5, 5.41) is 23.4. The second-order valence-corrected chi connectivity index (χ2v) is 22.5. The number of esters is 1. The summed E-state index contributed by atoms with van der Waals surface area (Å²) < 4.78 is 5.48. The fourth-order valence-corrected chi connectivity index (χ4v) is 10.3. The Kier molecular flexibility index (Phi) is 59.9. The summed E-state index contributed by atoms with van der Waals surface area (Å²) in [5.74, 6) is -0.0337. The van der Waals surface area contributed by atoms with Crippen molar-refractivity contribution >= 4 is 11.9 Å². The molecule has 0 spiro atoms. The molecule has 1 amide bonds. The van der Waals surface area contributed by atoms with Crippen LogP contribution in [0.1, 0.15) is 367 Å². The van der Waals surface area contributed by atoms with Crippen molar-refractivity contribution in [3.63, 3.8) is 0 Å². The molecule has 0 rings (SSSR count). The van der Waals surface area contributed by atoms with Crippen LogP contribution in [0.15, 0.2) is 12.2 Å². The van der Waals surface area contributed by atoms with Gasteiger partial charge in [0, 0.05) is 12.8 Å². The first-order chi connectivity index (χ1) is 35.0. The van der Waals surface area contributed by atoms with Crippen molar-refractivity contribution in [2.75, 3.05) is 13.2 Å². The van der Waals surface area contributed by atoms with E-state index in [1.807, 2.05) is 0 Å². The molecule has 0 radical (unpaired) electrons. The lowest BCUT2D eigenvalue weighted by Crippen LogP contribution is -2.45. The summed E-state index contributed by atoms with van der Waals surface area (Å²) in [6.07, 6.45) is 73.7. The van der Waals surface area contributed by atoms with Gasteiger partial charge in [0.15, 0.2) is 0 Å². The van der Waals surface area contributed by atoms with Gasteiger partial charge in [-0.15, -0.1) is 0 Å². The van der Waals surface area contributed by atoms with Gasteiger partial charge in [-0.05, 0) is 51.4 Å². The zero-order valence-corrected chi connectivity index (χ0v) is 48.2. The largest absolute Gasteiger partial charge is 0.466 e. The number of aliphatic hydroxyl groups is 2. The first-order valence-electron chi connectivity index (χ1n) is 32.4. The van der Waals surface area contributed by atoms with Crippen LogP contribution >= 0.6 is 0 Å². The molecule has 3 N–H and O–H groups in total. The Balaban J connectivity index is 3.43. The highest BCUT2D eigenvalue weighted by Gasteiger charge is 2.20. The zero-order chi connectivity index (χ0) is 51.4. The highest BCUT2D eigenvalue weighted by atomic mass is 16.5. The number of hydrogen-bond donors (Lipinski definition) is 3. The van der Waals surface area contributed by atoms with Gasteiger partial charge in [-0.3, -0.25) is 9.59 Å². The Hall–Kier alpha value is -1.40. The van der Waals surface area contributed by atoms with E-state index in [2.05, 4.69) is 31.3 Å². The molecule has 0 heterocycles. The third kappa shape index (κ3) is 57.7. The number of allylic oxidation sites excluding steroid dienone is 2. The molecule has 0 aliphatic heterocycles. The SMILES string of the molecule is CCCCCCCCCCCCCCCCCCCCCCCCC(O)C(CO)NC(=O)CCCCCCCCC/C=C\CCCCCCCCCCOC(=O)CCCCCCCCCCCCCCC. The topological polar surface area (TPSA) is 95.9 Å². The molecule has 0 fully saturated rings. The normalized spacial score (nSPS) is 12.6. The quantitative estimate of drug-likeness (QED) is 0.0320. The molecule has 0 aromatic heterocycles. The van der Waals surface area contributed by atoms with Crippen molar-refractivity contribution in [2.45, 2.75) is 379 Å². The van der Waals surface area contributed by atoms with Gasteiger partial charge in [-0.25, -0.2) is 0 Å². The molecule has 0 saturated heterocycles. The molecule has 2 atom stereocenters. The lowest BCUT2D eigenvalue weighted by Gasteiger charge is -2.22. The monoisotopic (exact) mass is 1000 g/mol. The van der Waals surface area contributed by atoms with Crippen LogP contribution in [0.25, 0.3) is 0 Å². The van der Waals surface area contributed by atoms with E-state index in [1.54, 1.807) is 0 Å². The number of nitrogens with one attached hydrogen (secondary N) is 1. The minimum absolute atomic E-state index is 0.00655. The molecule has 6 nitrogen and oxygen atoms in total. The molecule has 0 aromatic carbocycles. The fraction of sp³-hybridized carbons (Fsp3) is 0.938. The van der Waals surface area contributed by atoms with Gasteiger partial charge >= 0.3 is 5.97 Å². The standard InChI is InChI=1S/C65H127NO5/c1-3-5-7-9-11-13-15-17-18-19-20-21-22-24-27-30-34-37-41-45-49-53-57-63(68)62(61-67)66-64(69)58-54-50-46-42-38-35-31-28-25-23-26-29-32-36-40-44-48-52-56-60-71-65(70)59-55-51-47-43-39-33-16-14-12-10-8-6-4-2/h23,25,62-63,67-68H,3-22,24,26-61H2,1-2H3,(H,66,69)/b25-23-. The fourth-order valence-electron chi connectivity index (χ4n) is 10.3. The van der Waals surface area contributed by atoms with Gasteiger partial charge in [0.05, 0.1) is 25.4 Å².